The Morgan fingerprint density at radius 2 is 0.519 bits per heavy atom. The second-order valence-corrected chi connectivity index (χ2v) is 11.8. The van der Waals surface area contributed by atoms with Crippen molar-refractivity contribution >= 4 is 11.6 Å². The molecule has 246 valence electrons. The van der Waals surface area contributed by atoms with Gasteiger partial charge in [-0.15, -0.1) is 0 Å². The number of rotatable bonds is 8. The normalized spacial score (nSPS) is 10.2. The number of ketones is 2. The summed E-state index contributed by atoms with van der Waals surface area (Å²) < 4.78 is 12.0. The Kier molecular flexibility index (Phi) is 10.1. The monoisotopic (exact) mass is 670 g/mol. The van der Waals surface area contributed by atoms with E-state index in [2.05, 4.69) is 23.7 Å². The SMILES string of the molecule is O=C(c1ccc(C#Cc2ccccc2)cc1)c1ccc(Oc2ccc(Oc3ccc(C(=O)c4ccc(C#Cc5ccccc5)cc4)cc3)cc2)cc1. The zero-order chi connectivity index (χ0) is 35.5. The van der Waals surface area contributed by atoms with E-state index < -0.39 is 0 Å². The van der Waals surface area contributed by atoms with Crippen LogP contribution in [0.3, 0.4) is 0 Å². The van der Waals surface area contributed by atoms with Gasteiger partial charge < -0.3 is 9.47 Å². The van der Waals surface area contributed by atoms with Gasteiger partial charge in [0.25, 0.3) is 0 Å². The van der Waals surface area contributed by atoms with Gasteiger partial charge in [-0.1, -0.05) is 60.1 Å². The fourth-order valence-corrected chi connectivity index (χ4v) is 5.27. The highest BCUT2D eigenvalue weighted by Crippen LogP contribution is 2.28. The van der Waals surface area contributed by atoms with Crippen molar-refractivity contribution in [2.75, 3.05) is 0 Å². The quantitative estimate of drug-likeness (QED) is 0.119. The molecular formula is C48H30O4. The van der Waals surface area contributed by atoms with E-state index in [0.717, 1.165) is 22.3 Å². The third-order valence-electron chi connectivity index (χ3n) is 8.07. The predicted octanol–water partition coefficient (Wildman–Crippen LogP) is 10.5. The molecule has 0 aliphatic rings. The van der Waals surface area contributed by atoms with Gasteiger partial charge in [-0.05, 0) is 146 Å². The standard InChI is InChI=1S/C48H30O4/c49-47(39-19-15-37(16-20-39)13-11-35-7-3-1-4-8-35)41-23-27-43(28-24-41)51-45-31-33-46(34-32-45)52-44-29-25-42(26-30-44)48(50)40-21-17-38(18-22-40)14-12-36-9-5-2-6-10-36/h1-10,15-34H. The van der Waals surface area contributed by atoms with Gasteiger partial charge in [0.15, 0.2) is 11.6 Å². The molecule has 0 saturated heterocycles. The number of benzene rings is 7. The topological polar surface area (TPSA) is 52.6 Å². The highest BCUT2D eigenvalue weighted by atomic mass is 16.5. The zero-order valence-electron chi connectivity index (χ0n) is 28.0. The molecule has 0 amide bonds. The number of ether oxygens (including phenoxy) is 2. The van der Waals surface area contributed by atoms with E-state index in [1.54, 1.807) is 72.8 Å². The van der Waals surface area contributed by atoms with Crippen LogP contribution in [-0.4, -0.2) is 11.6 Å². The molecule has 0 spiro atoms. The molecule has 52 heavy (non-hydrogen) atoms. The smallest absolute Gasteiger partial charge is 0.193 e. The lowest BCUT2D eigenvalue weighted by molar-refractivity contribution is 0.103. The van der Waals surface area contributed by atoms with E-state index in [4.69, 9.17) is 9.47 Å². The summed E-state index contributed by atoms with van der Waals surface area (Å²) in [6.07, 6.45) is 0. The number of carbonyl (C=O) groups is 2. The predicted molar refractivity (Wildman–Crippen MR) is 204 cm³/mol. The van der Waals surface area contributed by atoms with Crippen LogP contribution >= 0.6 is 0 Å². The van der Waals surface area contributed by atoms with Crippen molar-refractivity contribution in [3.8, 4) is 46.7 Å². The van der Waals surface area contributed by atoms with Gasteiger partial charge in [0.05, 0.1) is 0 Å². The van der Waals surface area contributed by atoms with Crippen LogP contribution in [0.15, 0.2) is 182 Å². The maximum absolute atomic E-state index is 13.1. The summed E-state index contributed by atoms with van der Waals surface area (Å²) in [7, 11) is 0. The number of carbonyl (C=O) groups excluding carboxylic acids is 2. The van der Waals surface area contributed by atoms with Crippen LogP contribution in [-0.2, 0) is 0 Å². The van der Waals surface area contributed by atoms with Crippen molar-refractivity contribution in [2.24, 2.45) is 0 Å². The summed E-state index contributed by atoms with van der Waals surface area (Å²) in [4.78, 5) is 26.1. The van der Waals surface area contributed by atoms with E-state index in [9.17, 15) is 9.59 Å². The molecule has 0 heterocycles. The molecule has 0 N–H and O–H groups in total. The van der Waals surface area contributed by atoms with Gasteiger partial charge >= 0.3 is 0 Å². The zero-order valence-corrected chi connectivity index (χ0v) is 28.0. The third-order valence-corrected chi connectivity index (χ3v) is 8.07. The van der Waals surface area contributed by atoms with E-state index >= 15 is 0 Å². The average Bonchev–Trinajstić information content (AvgIpc) is 3.21. The minimum atomic E-state index is -0.0767. The highest BCUT2D eigenvalue weighted by molar-refractivity contribution is 6.09. The Morgan fingerprint density at radius 1 is 0.288 bits per heavy atom. The summed E-state index contributed by atoms with van der Waals surface area (Å²) in [5, 5.41) is 0. The molecule has 7 rings (SSSR count). The Balaban J connectivity index is 0.909. The lowest BCUT2D eigenvalue weighted by Gasteiger charge is -2.09. The van der Waals surface area contributed by atoms with Gasteiger partial charge in [0.1, 0.15) is 23.0 Å². The van der Waals surface area contributed by atoms with Crippen molar-refractivity contribution in [1.82, 2.24) is 0 Å². The fourth-order valence-electron chi connectivity index (χ4n) is 5.27. The first kappa shape index (κ1) is 33.1. The third kappa shape index (κ3) is 8.60. The van der Waals surface area contributed by atoms with E-state index in [1.807, 2.05) is 109 Å². The number of hydrogen-bond donors (Lipinski definition) is 0. The summed E-state index contributed by atoms with van der Waals surface area (Å²) >= 11 is 0. The lowest BCUT2D eigenvalue weighted by Crippen LogP contribution is -2.01. The largest absolute Gasteiger partial charge is 0.457 e. The second kappa shape index (κ2) is 15.9. The van der Waals surface area contributed by atoms with Crippen LogP contribution in [0.25, 0.3) is 0 Å². The van der Waals surface area contributed by atoms with Gasteiger partial charge in [0, 0.05) is 44.5 Å². The molecule has 0 aromatic heterocycles. The first-order valence-corrected chi connectivity index (χ1v) is 16.7. The van der Waals surface area contributed by atoms with Gasteiger partial charge in [-0.25, -0.2) is 0 Å². The molecule has 4 heteroatoms. The molecule has 4 nitrogen and oxygen atoms in total. The van der Waals surface area contributed by atoms with Crippen LogP contribution < -0.4 is 9.47 Å². The van der Waals surface area contributed by atoms with Crippen LogP contribution in [0, 0.1) is 23.7 Å². The highest BCUT2D eigenvalue weighted by Gasteiger charge is 2.11. The molecule has 0 saturated carbocycles. The van der Waals surface area contributed by atoms with Crippen molar-refractivity contribution in [1.29, 1.82) is 0 Å². The Hall–Kier alpha value is -7.40. The van der Waals surface area contributed by atoms with Gasteiger partial charge in [0.2, 0.25) is 0 Å². The molecule has 0 unspecified atom stereocenters. The summed E-state index contributed by atoms with van der Waals surface area (Å²) in [5.41, 5.74) is 5.87. The summed E-state index contributed by atoms with van der Waals surface area (Å²) in [5.74, 6) is 14.8. The Morgan fingerprint density at radius 3 is 0.808 bits per heavy atom. The van der Waals surface area contributed by atoms with E-state index in [-0.39, 0.29) is 11.6 Å². The molecular weight excluding hydrogens is 641 g/mol. The lowest BCUT2D eigenvalue weighted by atomic mass is 10.0. The van der Waals surface area contributed by atoms with Gasteiger partial charge in [-0.2, -0.15) is 0 Å². The van der Waals surface area contributed by atoms with Crippen molar-refractivity contribution in [3.63, 3.8) is 0 Å². The van der Waals surface area contributed by atoms with Gasteiger partial charge in [-0.3, -0.25) is 9.59 Å². The van der Waals surface area contributed by atoms with Crippen LogP contribution in [0.5, 0.6) is 23.0 Å². The minimum Gasteiger partial charge on any atom is -0.457 e. The summed E-state index contributed by atoms with van der Waals surface area (Å²) in [6, 6.07) is 55.5. The second-order valence-electron chi connectivity index (χ2n) is 11.8. The molecule has 7 aromatic rings. The first-order valence-electron chi connectivity index (χ1n) is 16.7. The van der Waals surface area contributed by atoms with Crippen molar-refractivity contribution in [3.05, 3.63) is 226 Å². The molecule has 0 aliphatic carbocycles. The van der Waals surface area contributed by atoms with E-state index in [1.165, 1.54) is 0 Å². The molecule has 0 atom stereocenters. The van der Waals surface area contributed by atoms with Crippen LogP contribution in [0.1, 0.15) is 54.1 Å². The Bertz CT molecular complexity index is 2250. The van der Waals surface area contributed by atoms with Crippen molar-refractivity contribution < 1.29 is 19.1 Å². The summed E-state index contributed by atoms with van der Waals surface area (Å²) in [6.45, 7) is 0. The maximum atomic E-state index is 13.1. The van der Waals surface area contributed by atoms with Crippen LogP contribution in [0.2, 0.25) is 0 Å². The van der Waals surface area contributed by atoms with E-state index in [0.29, 0.717) is 45.3 Å². The molecule has 0 aliphatic heterocycles. The molecule has 7 aromatic carbocycles. The minimum absolute atomic E-state index is 0.0767. The average molecular weight is 671 g/mol. The molecule has 0 fully saturated rings. The maximum Gasteiger partial charge on any atom is 0.193 e. The Labute approximate surface area is 303 Å². The fraction of sp³-hybridized carbons (Fsp3) is 0. The molecule has 0 radical (unpaired) electrons. The number of hydrogen-bond acceptors (Lipinski definition) is 4. The van der Waals surface area contributed by atoms with Crippen LogP contribution in [0.4, 0.5) is 0 Å². The van der Waals surface area contributed by atoms with Crippen molar-refractivity contribution in [2.45, 2.75) is 0 Å². The first-order chi connectivity index (χ1) is 25.6. The molecule has 0 bridgehead atoms.